The first-order valence-electron chi connectivity index (χ1n) is 11.3. The van der Waals surface area contributed by atoms with Crippen molar-refractivity contribution in [2.45, 2.75) is 44.9 Å². The van der Waals surface area contributed by atoms with Crippen molar-refractivity contribution in [2.24, 2.45) is 5.92 Å². The Kier molecular flexibility index (Phi) is 5.91. The summed E-state index contributed by atoms with van der Waals surface area (Å²) in [5.41, 5.74) is 3.40. The predicted molar refractivity (Wildman–Crippen MR) is 127 cm³/mol. The Morgan fingerprint density at radius 2 is 1.79 bits per heavy atom. The number of nitrogens with one attached hydrogen (secondary N) is 1. The lowest BCUT2D eigenvalue weighted by molar-refractivity contribution is -0.122. The van der Waals surface area contributed by atoms with Gasteiger partial charge in [-0.3, -0.25) is 9.59 Å². The third-order valence-electron chi connectivity index (χ3n) is 6.34. The summed E-state index contributed by atoms with van der Waals surface area (Å²) in [4.78, 5) is 26.0. The van der Waals surface area contributed by atoms with E-state index in [1.807, 2.05) is 36.4 Å². The summed E-state index contributed by atoms with van der Waals surface area (Å²) < 4.78 is 17.6. The minimum absolute atomic E-state index is 0.0228. The molecule has 0 fully saturated rings. The average Bonchev–Trinajstić information content (AvgIpc) is 3.23. The summed E-state index contributed by atoms with van der Waals surface area (Å²) in [6.07, 6.45) is 1.27. The van der Waals surface area contributed by atoms with Crippen LogP contribution in [0.15, 0.2) is 52.1 Å². The molecule has 2 aromatic carbocycles. The molecule has 0 aromatic heterocycles. The van der Waals surface area contributed by atoms with Crippen molar-refractivity contribution in [1.82, 2.24) is 5.32 Å². The minimum Gasteiger partial charge on any atom is -0.493 e. The largest absolute Gasteiger partial charge is 0.493 e. The van der Waals surface area contributed by atoms with Crippen LogP contribution >= 0.6 is 15.9 Å². The van der Waals surface area contributed by atoms with Crippen LogP contribution in [-0.4, -0.2) is 25.1 Å². The molecule has 2 unspecified atom stereocenters. The summed E-state index contributed by atoms with van der Waals surface area (Å²) in [7, 11) is 0. The molecular weight excluding hydrogens is 486 g/mol. The van der Waals surface area contributed by atoms with Gasteiger partial charge in [-0.15, -0.1) is 0 Å². The highest BCUT2D eigenvalue weighted by molar-refractivity contribution is 9.10. The van der Waals surface area contributed by atoms with Gasteiger partial charge in [0.25, 0.3) is 0 Å². The van der Waals surface area contributed by atoms with Gasteiger partial charge in [-0.25, -0.2) is 0 Å². The first-order valence-corrected chi connectivity index (χ1v) is 12.1. The zero-order chi connectivity index (χ0) is 23.1. The number of Topliss-reactive ketones (excluding diaryl/α,β-unsaturated/α-hetero) is 1. The number of carbonyl (C=O) groups is 2. The molecule has 0 saturated carbocycles. The number of ketones is 1. The lowest BCUT2D eigenvalue weighted by Crippen LogP contribution is -2.38. The number of amides is 1. The third kappa shape index (κ3) is 4.38. The molecule has 1 aliphatic carbocycles. The number of hydrogen-bond acceptors (Lipinski definition) is 5. The van der Waals surface area contributed by atoms with Crippen LogP contribution in [0.1, 0.15) is 56.1 Å². The Morgan fingerprint density at radius 3 is 2.52 bits per heavy atom. The van der Waals surface area contributed by atoms with Crippen molar-refractivity contribution in [3.63, 3.8) is 0 Å². The molecule has 0 radical (unpaired) electrons. The van der Waals surface area contributed by atoms with E-state index in [4.69, 9.17) is 14.2 Å². The van der Waals surface area contributed by atoms with Crippen LogP contribution in [-0.2, 0) is 9.59 Å². The van der Waals surface area contributed by atoms with Gasteiger partial charge in [0.15, 0.2) is 17.3 Å². The van der Waals surface area contributed by atoms with E-state index >= 15 is 0 Å². The highest BCUT2D eigenvalue weighted by Crippen LogP contribution is 2.47. The van der Waals surface area contributed by atoms with Gasteiger partial charge >= 0.3 is 0 Å². The lowest BCUT2D eigenvalue weighted by Gasteiger charge is -2.35. The van der Waals surface area contributed by atoms with E-state index in [9.17, 15) is 9.59 Å². The van der Waals surface area contributed by atoms with Crippen molar-refractivity contribution in [1.29, 1.82) is 0 Å². The molecule has 3 aliphatic rings. The topological polar surface area (TPSA) is 73.9 Å². The molecule has 0 saturated heterocycles. The van der Waals surface area contributed by atoms with E-state index < -0.39 is 0 Å². The maximum atomic E-state index is 13.4. The molecule has 0 spiro atoms. The Bertz CT molecular complexity index is 1140. The van der Waals surface area contributed by atoms with Gasteiger partial charge in [-0.05, 0) is 53.6 Å². The van der Waals surface area contributed by atoms with Gasteiger partial charge in [0, 0.05) is 34.5 Å². The van der Waals surface area contributed by atoms with Crippen molar-refractivity contribution in [3.8, 4) is 17.2 Å². The van der Waals surface area contributed by atoms with Crippen LogP contribution in [0.4, 0.5) is 0 Å². The summed E-state index contributed by atoms with van der Waals surface area (Å²) in [5, 5.41) is 2.99. The minimum atomic E-state index is -0.308. The summed E-state index contributed by atoms with van der Waals surface area (Å²) in [6, 6.07) is 11.7. The van der Waals surface area contributed by atoms with E-state index in [-0.39, 0.29) is 36.7 Å². The number of halogens is 1. The molecule has 2 aliphatic heterocycles. The number of allylic oxidation sites excluding steroid dienone is 2. The molecule has 6 nitrogen and oxygen atoms in total. The monoisotopic (exact) mass is 511 g/mol. The fraction of sp³-hybridized carbons (Fsp3) is 0.385. The Labute approximate surface area is 201 Å². The van der Waals surface area contributed by atoms with E-state index in [1.54, 1.807) is 0 Å². The molecule has 2 aromatic rings. The van der Waals surface area contributed by atoms with Crippen molar-refractivity contribution in [2.75, 3.05) is 13.4 Å². The third-order valence-corrected chi connectivity index (χ3v) is 7.03. The Balaban J connectivity index is 1.42. The number of hydrogen-bond donors (Lipinski definition) is 1. The number of fused-ring (bicyclic) bond motifs is 1. The van der Waals surface area contributed by atoms with E-state index in [2.05, 4.69) is 35.1 Å². The quantitative estimate of drug-likeness (QED) is 0.595. The van der Waals surface area contributed by atoms with Gasteiger partial charge < -0.3 is 19.5 Å². The number of ether oxygens (including phenoxy) is 3. The number of carbonyl (C=O) groups excluding carboxylic acids is 2. The van der Waals surface area contributed by atoms with Crippen LogP contribution in [0.25, 0.3) is 0 Å². The summed E-state index contributed by atoms with van der Waals surface area (Å²) >= 11 is 3.61. The zero-order valence-electron chi connectivity index (χ0n) is 18.7. The highest BCUT2D eigenvalue weighted by atomic mass is 79.9. The molecule has 33 heavy (non-hydrogen) atoms. The molecular formula is C26H26BrNO5. The Hall–Kier alpha value is -2.80. The first-order chi connectivity index (χ1) is 15.9. The zero-order valence-corrected chi connectivity index (χ0v) is 20.2. The highest BCUT2D eigenvalue weighted by Gasteiger charge is 2.39. The van der Waals surface area contributed by atoms with Crippen LogP contribution in [0.5, 0.6) is 17.2 Å². The molecule has 2 heterocycles. The molecule has 0 bridgehead atoms. The molecule has 1 amide bonds. The average molecular weight is 512 g/mol. The van der Waals surface area contributed by atoms with E-state index in [0.29, 0.717) is 42.4 Å². The SMILES string of the molecule is CC(C)COc1ccc(C2CC(=O)C3=C(C2)NC(=O)CC3c2cc3c(cc2Br)OCO3)cc1. The fourth-order valence-corrected chi connectivity index (χ4v) is 5.36. The number of benzene rings is 2. The summed E-state index contributed by atoms with van der Waals surface area (Å²) in [6.45, 7) is 5.06. The Morgan fingerprint density at radius 1 is 1.06 bits per heavy atom. The predicted octanol–water partition coefficient (Wildman–Crippen LogP) is 5.22. The second-order valence-electron chi connectivity index (χ2n) is 9.23. The lowest BCUT2D eigenvalue weighted by atomic mass is 9.73. The van der Waals surface area contributed by atoms with Gasteiger partial charge in [0.05, 0.1) is 6.61 Å². The fourth-order valence-electron chi connectivity index (χ4n) is 4.76. The molecule has 172 valence electrons. The van der Waals surface area contributed by atoms with Crippen molar-refractivity contribution < 1.29 is 23.8 Å². The van der Waals surface area contributed by atoms with Crippen LogP contribution in [0.2, 0.25) is 0 Å². The van der Waals surface area contributed by atoms with Crippen LogP contribution in [0.3, 0.4) is 0 Å². The standard InChI is InChI=1S/C26H26BrNO5/c1-14(2)12-31-17-5-3-15(4-6-17)16-7-21-26(22(29)8-16)19(10-25(30)28-21)18-9-23-24(11-20(18)27)33-13-32-23/h3-6,9,11,14,16,19H,7-8,10,12-13H2,1-2H3,(H,28,30). The van der Waals surface area contributed by atoms with Crippen LogP contribution < -0.4 is 19.5 Å². The van der Waals surface area contributed by atoms with Gasteiger partial charge in [-0.2, -0.15) is 0 Å². The molecule has 2 atom stereocenters. The van der Waals surface area contributed by atoms with Crippen molar-refractivity contribution in [3.05, 3.63) is 63.3 Å². The first kappa shape index (κ1) is 22.0. The van der Waals surface area contributed by atoms with Gasteiger partial charge in [-0.1, -0.05) is 41.9 Å². The van der Waals surface area contributed by atoms with Gasteiger partial charge in [0.1, 0.15) is 5.75 Å². The smallest absolute Gasteiger partial charge is 0.231 e. The van der Waals surface area contributed by atoms with E-state index in [1.165, 1.54) is 0 Å². The molecule has 7 heteroatoms. The van der Waals surface area contributed by atoms with Gasteiger partial charge in [0.2, 0.25) is 12.7 Å². The number of rotatable bonds is 5. The summed E-state index contributed by atoms with van der Waals surface area (Å²) in [5.74, 6) is 2.31. The maximum absolute atomic E-state index is 13.4. The van der Waals surface area contributed by atoms with E-state index in [0.717, 1.165) is 27.0 Å². The maximum Gasteiger partial charge on any atom is 0.231 e. The van der Waals surface area contributed by atoms with Crippen molar-refractivity contribution >= 4 is 27.6 Å². The molecule has 5 rings (SSSR count). The second-order valence-corrected chi connectivity index (χ2v) is 10.1. The second kappa shape index (κ2) is 8.86. The van der Waals surface area contributed by atoms with Crippen LogP contribution in [0, 0.1) is 5.92 Å². The normalized spacial score (nSPS) is 21.8. The molecule has 1 N–H and O–H groups in total.